The Labute approximate surface area is 267 Å². The molecule has 0 aliphatic carbocycles. The maximum absolute atomic E-state index is 5.28. The Morgan fingerprint density at radius 1 is 0.404 bits per heavy atom. The van der Waals surface area contributed by atoms with Crippen molar-refractivity contribution in [2.24, 2.45) is 0 Å². The number of nitrogens with zero attached hydrogens (tertiary/aromatic N) is 6. The number of fused-ring (bicyclic) bond motifs is 16. The zero-order valence-electron chi connectivity index (χ0n) is 25.0. The van der Waals surface area contributed by atoms with Crippen LogP contribution in [0.2, 0.25) is 0 Å². The highest BCUT2D eigenvalue weighted by Crippen LogP contribution is 2.45. The summed E-state index contributed by atoms with van der Waals surface area (Å²) in [6.45, 7) is 0. The van der Waals surface area contributed by atoms with Gasteiger partial charge in [0, 0.05) is 56.1 Å². The molecule has 218 valence electrons. The van der Waals surface area contributed by atoms with Crippen molar-refractivity contribution in [1.29, 1.82) is 0 Å². The molecule has 0 spiro atoms. The van der Waals surface area contributed by atoms with Crippen LogP contribution >= 0.6 is 0 Å². The van der Waals surface area contributed by atoms with Gasteiger partial charge in [-0.3, -0.25) is 14.4 Å². The van der Waals surface area contributed by atoms with Gasteiger partial charge in [0.05, 0.1) is 51.0 Å². The highest BCUT2D eigenvalue weighted by molar-refractivity contribution is 6.33. The normalized spacial score (nSPS) is 12.3. The van der Waals surface area contributed by atoms with Gasteiger partial charge in [0.2, 0.25) is 0 Å². The van der Waals surface area contributed by atoms with Crippen LogP contribution in [0.25, 0.3) is 93.3 Å². The third-order valence-corrected chi connectivity index (χ3v) is 9.77. The Balaban J connectivity index is 1.47. The summed E-state index contributed by atoms with van der Waals surface area (Å²) in [4.78, 5) is 14.3. The summed E-state index contributed by atoms with van der Waals surface area (Å²) in [5.41, 5.74) is 10.7. The Bertz CT molecular complexity index is 3060. The smallest absolute Gasteiger partial charge is 0.147 e. The number of hydrogen-bond acceptors (Lipinski definition) is 3. The topological polar surface area (TPSA) is 52.9 Å². The van der Waals surface area contributed by atoms with E-state index in [0.29, 0.717) is 0 Å². The van der Waals surface area contributed by atoms with E-state index in [1.54, 1.807) is 0 Å². The number of pyridine rings is 3. The predicted molar refractivity (Wildman–Crippen MR) is 192 cm³/mol. The highest BCUT2D eigenvalue weighted by atomic mass is 15.1. The SMILES string of the molecule is c1ccc(-n2c3ccccc3c3ccc4c5c6c(ccc5n(-c5ccccc5)c4c32)c2ccncc2n2c3cnccc3nc62)cc1. The first-order valence-electron chi connectivity index (χ1n) is 15.8. The molecule has 6 aromatic heterocycles. The van der Waals surface area contributed by atoms with Crippen LogP contribution in [0.4, 0.5) is 0 Å². The highest BCUT2D eigenvalue weighted by Gasteiger charge is 2.24. The zero-order chi connectivity index (χ0) is 30.6. The van der Waals surface area contributed by atoms with E-state index in [9.17, 15) is 0 Å². The predicted octanol–water partition coefficient (Wildman–Crippen LogP) is 9.78. The van der Waals surface area contributed by atoms with Crippen molar-refractivity contribution in [2.75, 3.05) is 0 Å². The average molecular weight is 601 g/mol. The molecule has 11 aromatic rings. The van der Waals surface area contributed by atoms with Crippen LogP contribution in [-0.2, 0) is 0 Å². The van der Waals surface area contributed by atoms with E-state index < -0.39 is 0 Å². The van der Waals surface area contributed by atoms with Gasteiger partial charge in [-0.2, -0.15) is 0 Å². The number of rotatable bonds is 2. The van der Waals surface area contributed by atoms with Crippen LogP contribution in [0.1, 0.15) is 0 Å². The quantitative estimate of drug-likeness (QED) is 0.186. The Morgan fingerprint density at radius 3 is 1.83 bits per heavy atom. The average Bonchev–Trinajstić information content (AvgIpc) is 3.80. The molecule has 0 bridgehead atoms. The lowest BCUT2D eigenvalue weighted by atomic mass is 10.0. The summed E-state index contributed by atoms with van der Waals surface area (Å²) in [7, 11) is 0. The van der Waals surface area contributed by atoms with Crippen molar-refractivity contribution >= 4 is 82.0 Å². The van der Waals surface area contributed by atoms with E-state index in [1.165, 1.54) is 38.1 Å². The third-order valence-electron chi connectivity index (χ3n) is 9.77. The summed E-state index contributed by atoms with van der Waals surface area (Å²) in [5.74, 6) is 0. The van der Waals surface area contributed by atoms with Crippen LogP contribution in [0, 0.1) is 0 Å². The number of benzene rings is 5. The van der Waals surface area contributed by atoms with Crippen LogP contribution < -0.4 is 0 Å². The molecule has 0 atom stereocenters. The van der Waals surface area contributed by atoms with Crippen molar-refractivity contribution < 1.29 is 0 Å². The molecule has 0 amide bonds. The summed E-state index contributed by atoms with van der Waals surface area (Å²) in [6, 6.07) is 43.4. The molecule has 0 saturated heterocycles. The minimum atomic E-state index is 0.907. The fraction of sp³-hybridized carbons (Fsp3) is 0. The van der Waals surface area contributed by atoms with E-state index in [4.69, 9.17) is 4.98 Å². The van der Waals surface area contributed by atoms with Gasteiger partial charge in [0.25, 0.3) is 0 Å². The number of imidazole rings is 1. The van der Waals surface area contributed by atoms with Crippen molar-refractivity contribution in [3.05, 3.63) is 146 Å². The van der Waals surface area contributed by atoms with Crippen molar-refractivity contribution in [3.63, 3.8) is 0 Å². The molecule has 0 unspecified atom stereocenters. The van der Waals surface area contributed by atoms with Gasteiger partial charge >= 0.3 is 0 Å². The minimum absolute atomic E-state index is 0.907. The second-order valence-corrected chi connectivity index (χ2v) is 12.1. The van der Waals surface area contributed by atoms with E-state index in [1.807, 2.05) is 30.9 Å². The summed E-state index contributed by atoms with van der Waals surface area (Å²) >= 11 is 0. The van der Waals surface area contributed by atoms with Gasteiger partial charge in [-0.05, 0) is 53.9 Å². The first kappa shape index (κ1) is 24.8. The molecule has 0 aliphatic heterocycles. The van der Waals surface area contributed by atoms with Gasteiger partial charge in [0.15, 0.2) is 0 Å². The van der Waals surface area contributed by atoms with Gasteiger partial charge in [-0.15, -0.1) is 0 Å². The van der Waals surface area contributed by atoms with E-state index in [2.05, 4.69) is 139 Å². The monoisotopic (exact) mass is 600 g/mol. The largest absolute Gasteiger partial charge is 0.307 e. The zero-order valence-corrected chi connectivity index (χ0v) is 25.0. The molecular formula is C41H24N6. The van der Waals surface area contributed by atoms with E-state index in [-0.39, 0.29) is 0 Å². The minimum Gasteiger partial charge on any atom is -0.307 e. The van der Waals surface area contributed by atoms with Gasteiger partial charge in [-0.1, -0.05) is 72.8 Å². The van der Waals surface area contributed by atoms with Crippen molar-refractivity contribution in [2.45, 2.75) is 0 Å². The summed E-state index contributed by atoms with van der Waals surface area (Å²) in [5, 5.41) is 8.23. The van der Waals surface area contributed by atoms with E-state index >= 15 is 0 Å². The van der Waals surface area contributed by atoms with Crippen LogP contribution in [-0.4, -0.2) is 28.5 Å². The Morgan fingerprint density at radius 2 is 1.02 bits per heavy atom. The fourth-order valence-electron chi connectivity index (χ4n) is 7.91. The number of hydrogen-bond donors (Lipinski definition) is 0. The second-order valence-electron chi connectivity index (χ2n) is 12.1. The third kappa shape index (κ3) is 3.16. The number of aromatic nitrogens is 6. The summed E-state index contributed by atoms with van der Waals surface area (Å²) < 4.78 is 7.11. The Hall–Kier alpha value is -6.53. The molecule has 6 heteroatoms. The molecule has 6 heterocycles. The van der Waals surface area contributed by atoms with Crippen LogP contribution in [0.15, 0.2) is 146 Å². The molecule has 0 radical (unpaired) electrons. The Kier molecular flexibility index (Phi) is 4.75. The molecule has 0 N–H and O–H groups in total. The second kappa shape index (κ2) is 9.02. The molecule has 47 heavy (non-hydrogen) atoms. The molecule has 6 nitrogen and oxygen atoms in total. The lowest BCUT2D eigenvalue weighted by molar-refractivity contribution is 1.15. The van der Waals surface area contributed by atoms with Gasteiger partial charge in [0.1, 0.15) is 5.65 Å². The first-order chi connectivity index (χ1) is 23.4. The van der Waals surface area contributed by atoms with E-state index in [0.717, 1.165) is 55.2 Å². The molecule has 0 fully saturated rings. The lowest BCUT2D eigenvalue weighted by Gasteiger charge is -2.12. The molecule has 11 rings (SSSR count). The molecular weight excluding hydrogens is 576 g/mol. The standard InChI is InChI=1S/C41H24N6/c1-3-9-25(10-4-1)45-33-14-8-7-13-27(33)30-15-16-31-37-34(46(40(31)39(30)45)26-11-5-2-6-12-26)18-17-29-28-19-21-42-23-35(28)47-36-24-43-22-20-32(36)44-41(47)38(29)37/h1-24H. The van der Waals surface area contributed by atoms with Gasteiger partial charge in [-0.25, -0.2) is 4.98 Å². The van der Waals surface area contributed by atoms with Crippen LogP contribution in [0.5, 0.6) is 0 Å². The lowest BCUT2D eigenvalue weighted by Crippen LogP contribution is -1.98. The molecule has 0 aliphatic rings. The maximum atomic E-state index is 5.28. The molecule has 0 saturated carbocycles. The van der Waals surface area contributed by atoms with Gasteiger partial charge < -0.3 is 9.13 Å². The summed E-state index contributed by atoms with van der Waals surface area (Å²) in [6.07, 6.45) is 7.54. The van der Waals surface area contributed by atoms with Crippen molar-refractivity contribution in [1.82, 2.24) is 28.5 Å². The number of para-hydroxylation sites is 3. The van der Waals surface area contributed by atoms with Crippen LogP contribution in [0.3, 0.4) is 0 Å². The molecule has 5 aromatic carbocycles. The maximum Gasteiger partial charge on any atom is 0.147 e. The first-order valence-corrected chi connectivity index (χ1v) is 15.8. The van der Waals surface area contributed by atoms with Crippen molar-refractivity contribution in [3.8, 4) is 11.4 Å². The fourth-order valence-corrected chi connectivity index (χ4v) is 7.91.